The summed E-state index contributed by atoms with van der Waals surface area (Å²) in [5.74, 6) is 1.44. The lowest BCUT2D eigenvalue weighted by molar-refractivity contribution is -0.131. The Labute approximate surface area is 181 Å². The van der Waals surface area contributed by atoms with Crippen molar-refractivity contribution in [2.24, 2.45) is 0 Å². The maximum atomic E-state index is 11.3. The number of benzene rings is 2. The molecular formula is C24H34ClNO3. The highest BCUT2D eigenvalue weighted by Crippen LogP contribution is 2.33. The highest BCUT2D eigenvalue weighted by atomic mass is 35.5. The first-order valence-electron chi connectivity index (χ1n) is 10.0. The van der Waals surface area contributed by atoms with E-state index in [1.165, 1.54) is 12.5 Å². The first-order valence-corrected chi connectivity index (χ1v) is 10.0. The predicted octanol–water partition coefficient (Wildman–Crippen LogP) is 5.75. The van der Waals surface area contributed by atoms with Crippen LogP contribution in [0.25, 0.3) is 0 Å². The molecule has 0 aliphatic heterocycles. The van der Waals surface area contributed by atoms with E-state index in [2.05, 4.69) is 56.9 Å². The first-order chi connectivity index (χ1) is 13.3. The van der Waals surface area contributed by atoms with E-state index in [1.54, 1.807) is 0 Å². The second-order valence-corrected chi connectivity index (χ2v) is 7.80. The van der Waals surface area contributed by atoms with E-state index in [1.807, 2.05) is 25.1 Å². The molecule has 2 rings (SSSR count). The standard InChI is InChI=1S/C24H33NO3.ClH/c1-17(2)22-15-23(28-20(6)26)19(5)14-24(22)27-13-12-25(18(3)4)16-21-10-8-7-9-11-21;/h7-11,14-15,17-18H,12-13,16H2,1-6H3;1H. The van der Waals surface area contributed by atoms with Crippen LogP contribution in [0.5, 0.6) is 11.5 Å². The maximum absolute atomic E-state index is 11.3. The molecule has 0 saturated heterocycles. The van der Waals surface area contributed by atoms with Crippen LogP contribution in [0.1, 0.15) is 57.2 Å². The van der Waals surface area contributed by atoms with Crippen molar-refractivity contribution < 1.29 is 14.3 Å². The van der Waals surface area contributed by atoms with Gasteiger partial charge in [0.1, 0.15) is 18.1 Å². The molecule has 0 aliphatic rings. The lowest BCUT2D eigenvalue weighted by atomic mass is 10.00. The Balaban J connectivity index is 0.00000420. The summed E-state index contributed by atoms with van der Waals surface area (Å²) in [4.78, 5) is 13.7. The van der Waals surface area contributed by atoms with E-state index < -0.39 is 0 Å². The third-order valence-electron chi connectivity index (χ3n) is 4.78. The molecule has 2 aromatic rings. The lowest BCUT2D eigenvalue weighted by Crippen LogP contribution is -2.34. The molecule has 0 saturated carbocycles. The van der Waals surface area contributed by atoms with Gasteiger partial charge in [0.05, 0.1) is 0 Å². The van der Waals surface area contributed by atoms with E-state index >= 15 is 0 Å². The number of nitrogens with zero attached hydrogens (tertiary/aromatic N) is 1. The fourth-order valence-electron chi connectivity index (χ4n) is 3.13. The molecule has 0 heterocycles. The number of hydrogen-bond acceptors (Lipinski definition) is 4. The van der Waals surface area contributed by atoms with Gasteiger partial charge in [0.25, 0.3) is 0 Å². The quantitative estimate of drug-likeness (QED) is 0.383. The van der Waals surface area contributed by atoms with Crippen molar-refractivity contribution in [3.8, 4) is 11.5 Å². The van der Waals surface area contributed by atoms with Crippen LogP contribution in [0.2, 0.25) is 0 Å². The Morgan fingerprint density at radius 2 is 1.69 bits per heavy atom. The van der Waals surface area contributed by atoms with Gasteiger partial charge in [0.2, 0.25) is 0 Å². The Morgan fingerprint density at radius 3 is 2.24 bits per heavy atom. The molecule has 160 valence electrons. The van der Waals surface area contributed by atoms with Crippen LogP contribution in [-0.2, 0) is 11.3 Å². The van der Waals surface area contributed by atoms with Crippen LogP contribution in [0.3, 0.4) is 0 Å². The van der Waals surface area contributed by atoms with Crippen LogP contribution in [-0.4, -0.2) is 30.1 Å². The average molecular weight is 420 g/mol. The number of halogens is 1. The van der Waals surface area contributed by atoms with E-state index in [0.717, 1.165) is 30.0 Å². The van der Waals surface area contributed by atoms with Crippen molar-refractivity contribution >= 4 is 18.4 Å². The minimum absolute atomic E-state index is 0. The SMILES string of the molecule is CC(=O)Oc1cc(C(C)C)c(OCCN(Cc2ccccc2)C(C)C)cc1C.Cl. The molecule has 0 amide bonds. The summed E-state index contributed by atoms with van der Waals surface area (Å²) in [6, 6.07) is 14.8. The van der Waals surface area contributed by atoms with Crippen molar-refractivity contribution in [2.45, 2.75) is 60.0 Å². The van der Waals surface area contributed by atoms with Crippen molar-refractivity contribution in [1.29, 1.82) is 0 Å². The number of esters is 1. The Bertz CT molecular complexity index is 775. The Morgan fingerprint density at radius 1 is 1.03 bits per heavy atom. The van der Waals surface area contributed by atoms with Gasteiger partial charge in [0, 0.05) is 31.6 Å². The van der Waals surface area contributed by atoms with Gasteiger partial charge >= 0.3 is 5.97 Å². The summed E-state index contributed by atoms with van der Waals surface area (Å²) < 4.78 is 11.5. The average Bonchev–Trinajstić information content (AvgIpc) is 2.63. The normalized spacial score (nSPS) is 10.9. The van der Waals surface area contributed by atoms with Gasteiger partial charge in [-0.25, -0.2) is 0 Å². The van der Waals surface area contributed by atoms with Crippen LogP contribution < -0.4 is 9.47 Å². The first kappa shape index (κ1) is 25.0. The van der Waals surface area contributed by atoms with E-state index in [4.69, 9.17) is 9.47 Å². The van der Waals surface area contributed by atoms with Gasteiger partial charge in [-0.2, -0.15) is 0 Å². The molecule has 2 aromatic carbocycles. The highest BCUT2D eigenvalue weighted by molar-refractivity contribution is 5.85. The third kappa shape index (κ3) is 7.71. The van der Waals surface area contributed by atoms with Crippen LogP contribution >= 0.6 is 12.4 Å². The molecule has 0 bridgehead atoms. The summed E-state index contributed by atoms with van der Waals surface area (Å²) in [5.41, 5.74) is 3.27. The number of aryl methyl sites for hydroxylation is 1. The molecule has 4 nitrogen and oxygen atoms in total. The molecule has 0 radical (unpaired) electrons. The zero-order chi connectivity index (χ0) is 20.7. The fraction of sp³-hybridized carbons (Fsp3) is 0.458. The number of carbonyl (C=O) groups is 1. The zero-order valence-corrected chi connectivity index (χ0v) is 19.2. The monoisotopic (exact) mass is 419 g/mol. The largest absolute Gasteiger partial charge is 0.492 e. The van der Waals surface area contributed by atoms with E-state index in [0.29, 0.717) is 18.4 Å². The molecule has 5 heteroatoms. The fourth-order valence-corrected chi connectivity index (χ4v) is 3.13. The molecule has 0 aromatic heterocycles. The molecule has 0 aliphatic carbocycles. The predicted molar refractivity (Wildman–Crippen MR) is 121 cm³/mol. The Kier molecular flexibility index (Phi) is 10.2. The topological polar surface area (TPSA) is 38.8 Å². The number of ether oxygens (including phenoxy) is 2. The minimum atomic E-state index is -0.306. The van der Waals surface area contributed by atoms with Gasteiger partial charge in [0.15, 0.2) is 0 Å². The van der Waals surface area contributed by atoms with Gasteiger partial charge in [-0.3, -0.25) is 9.69 Å². The summed E-state index contributed by atoms with van der Waals surface area (Å²) in [6.07, 6.45) is 0. The van der Waals surface area contributed by atoms with Crippen LogP contribution in [0, 0.1) is 6.92 Å². The van der Waals surface area contributed by atoms with Crippen LogP contribution in [0.4, 0.5) is 0 Å². The minimum Gasteiger partial charge on any atom is -0.492 e. The molecule has 0 unspecified atom stereocenters. The second kappa shape index (κ2) is 11.8. The summed E-state index contributed by atoms with van der Waals surface area (Å²) in [6.45, 7) is 14.4. The van der Waals surface area contributed by atoms with Gasteiger partial charge in [-0.1, -0.05) is 44.2 Å². The van der Waals surface area contributed by atoms with E-state index in [-0.39, 0.29) is 24.3 Å². The second-order valence-electron chi connectivity index (χ2n) is 7.80. The highest BCUT2D eigenvalue weighted by Gasteiger charge is 2.15. The molecule has 0 atom stereocenters. The molecule has 0 spiro atoms. The van der Waals surface area contributed by atoms with E-state index in [9.17, 15) is 4.79 Å². The van der Waals surface area contributed by atoms with Gasteiger partial charge in [-0.15, -0.1) is 12.4 Å². The van der Waals surface area contributed by atoms with Crippen LogP contribution in [0.15, 0.2) is 42.5 Å². The van der Waals surface area contributed by atoms with Gasteiger partial charge in [-0.05, 0) is 49.9 Å². The lowest BCUT2D eigenvalue weighted by Gasteiger charge is -2.27. The number of hydrogen-bond donors (Lipinski definition) is 0. The maximum Gasteiger partial charge on any atom is 0.308 e. The number of carbonyl (C=O) groups excluding carboxylic acids is 1. The summed E-state index contributed by atoms with van der Waals surface area (Å²) in [5, 5.41) is 0. The van der Waals surface area contributed by atoms with Crippen molar-refractivity contribution in [3.63, 3.8) is 0 Å². The number of rotatable bonds is 9. The van der Waals surface area contributed by atoms with Crippen molar-refractivity contribution in [1.82, 2.24) is 4.90 Å². The molecule has 0 N–H and O–H groups in total. The van der Waals surface area contributed by atoms with Gasteiger partial charge < -0.3 is 9.47 Å². The summed E-state index contributed by atoms with van der Waals surface area (Å²) in [7, 11) is 0. The Hall–Kier alpha value is -2.04. The molecule has 0 fully saturated rings. The zero-order valence-electron chi connectivity index (χ0n) is 18.4. The van der Waals surface area contributed by atoms with Crippen molar-refractivity contribution in [3.05, 3.63) is 59.2 Å². The van der Waals surface area contributed by atoms with Crippen molar-refractivity contribution in [2.75, 3.05) is 13.2 Å². The molecule has 29 heavy (non-hydrogen) atoms. The third-order valence-corrected chi connectivity index (χ3v) is 4.78. The smallest absolute Gasteiger partial charge is 0.308 e. The summed E-state index contributed by atoms with van der Waals surface area (Å²) >= 11 is 0. The molecular weight excluding hydrogens is 386 g/mol.